The highest BCUT2D eigenvalue weighted by Gasteiger charge is 2.09. The van der Waals surface area contributed by atoms with Gasteiger partial charge in [-0.1, -0.05) is 6.07 Å². The Hall–Kier alpha value is -1.89. The highest BCUT2D eigenvalue weighted by atomic mass is 32.1. The molecule has 0 fully saturated rings. The molecule has 0 atom stereocenters. The first-order valence-electron chi connectivity index (χ1n) is 4.47. The standard InChI is InChI=1S/C9H9N3O3S/c1-14-9(13)10-5-7-11-12-8(15-7)6-3-2-4-16-6/h2-4H,5H2,1H3,(H,10,13). The third kappa shape index (κ3) is 2.37. The van der Waals surface area contributed by atoms with Crippen molar-refractivity contribution in [1.29, 1.82) is 0 Å². The predicted molar refractivity (Wildman–Crippen MR) is 56.9 cm³/mol. The fourth-order valence-corrected chi connectivity index (χ4v) is 1.69. The van der Waals surface area contributed by atoms with Crippen LogP contribution in [0.3, 0.4) is 0 Å². The molecule has 2 aromatic rings. The maximum Gasteiger partial charge on any atom is 0.407 e. The number of hydrogen-bond acceptors (Lipinski definition) is 6. The number of nitrogens with one attached hydrogen (secondary N) is 1. The molecule has 0 unspecified atom stereocenters. The normalized spacial score (nSPS) is 10.1. The zero-order valence-corrected chi connectivity index (χ0v) is 9.28. The molecule has 0 spiro atoms. The molecule has 0 radical (unpaired) electrons. The van der Waals surface area contributed by atoms with Crippen LogP contribution in [0.5, 0.6) is 0 Å². The Bertz CT molecular complexity index is 466. The van der Waals surface area contributed by atoms with Crippen molar-refractivity contribution in [3.8, 4) is 10.8 Å². The number of rotatable bonds is 3. The maximum absolute atomic E-state index is 10.8. The molecule has 1 amide bonds. The van der Waals surface area contributed by atoms with Crippen LogP contribution in [0.1, 0.15) is 5.89 Å². The number of carbonyl (C=O) groups is 1. The summed E-state index contributed by atoms with van der Waals surface area (Å²) in [6.07, 6.45) is -0.532. The minimum absolute atomic E-state index is 0.158. The van der Waals surface area contributed by atoms with Gasteiger partial charge in [-0.25, -0.2) is 4.79 Å². The van der Waals surface area contributed by atoms with E-state index in [0.29, 0.717) is 11.8 Å². The molecule has 0 bridgehead atoms. The van der Waals surface area contributed by atoms with E-state index in [0.717, 1.165) is 4.88 Å². The molecule has 16 heavy (non-hydrogen) atoms. The third-order valence-electron chi connectivity index (χ3n) is 1.77. The number of amides is 1. The number of thiophene rings is 1. The van der Waals surface area contributed by atoms with Crippen molar-refractivity contribution < 1.29 is 13.9 Å². The average Bonchev–Trinajstić information content (AvgIpc) is 2.95. The summed E-state index contributed by atoms with van der Waals surface area (Å²) in [7, 11) is 1.29. The Balaban J connectivity index is 2.00. The van der Waals surface area contributed by atoms with Crippen LogP contribution in [0.4, 0.5) is 4.79 Å². The molecular weight excluding hydrogens is 230 g/mol. The molecule has 0 saturated heterocycles. The number of aromatic nitrogens is 2. The first-order valence-corrected chi connectivity index (χ1v) is 5.35. The van der Waals surface area contributed by atoms with E-state index in [1.807, 2.05) is 17.5 Å². The van der Waals surface area contributed by atoms with Gasteiger partial charge in [-0.2, -0.15) is 0 Å². The molecule has 0 aromatic carbocycles. The summed E-state index contributed by atoms with van der Waals surface area (Å²) >= 11 is 1.51. The number of alkyl carbamates (subject to hydrolysis) is 1. The Morgan fingerprint density at radius 2 is 2.50 bits per heavy atom. The lowest BCUT2D eigenvalue weighted by Crippen LogP contribution is -2.22. The molecule has 0 aliphatic rings. The van der Waals surface area contributed by atoms with Crippen molar-refractivity contribution in [2.45, 2.75) is 6.54 Å². The lowest BCUT2D eigenvalue weighted by atomic mass is 10.5. The Morgan fingerprint density at radius 1 is 1.62 bits per heavy atom. The minimum Gasteiger partial charge on any atom is -0.453 e. The molecule has 6 nitrogen and oxygen atoms in total. The fourth-order valence-electron chi connectivity index (χ4n) is 1.04. The van der Waals surface area contributed by atoms with Crippen LogP contribution in [0.2, 0.25) is 0 Å². The van der Waals surface area contributed by atoms with Gasteiger partial charge >= 0.3 is 6.09 Å². The van der Waals surface area contributed by atoms with Crippen molar-refractivity contribution in [2.75, 3.05) is 7.11 Å². The van der Waals surface area contributed by atoms with E-state index < -0.39 is 6.09 Å². The van der Waals surface area contributed by atoms with Crippen LogP contribution < -0.4 is 5.32 Å². The molecule has 0 aliphatic carbocycles. The average molecular weight is 239 g/mol. The fraction of sp³-hybridized carbons (Fsp3) is 0.222. The van der Waals surface area contributed by atoms with Crippen molar-refractivity contribution in [2.24, 2.45) is 0 Å². The SMILES string of the molecule is COC(=O)NCc1nnc(-c2cccs2)o1. The summed E-state index contributed by atoms with van der Waals surface area (Å²) < 4.78 is 9.75. The van der Waals surface area contributed by atoms with E-state index >= 15 is 0 Å². The monoisotopic (exact) mass is 239 g/mol. The smallest absolute Gasteiger partial charge is 0.407 e. The van der Waals surface area contributed by atoms with Gasteiger partial charge in [0.05, 0.1) is 18.5 Å². The molecule has 1 N–H and O–H groups in total. The largest absolute Gasteiger partial charge is 0.453 e. The summed E-state index contributed by atoms with van der Waals surface area (Å²) in [5, 5.41) is 12.0. The summed E-state index contributed by atoms with van der Waals surface area (Å²) in [5.74, 6) is 0.797. The molecule has 0 saturated carbocycles. The van der Waals surface area contributed by atoms with Gasteiger partial charge in [0.15, 0.2) is 0 Å². The van der Waals surface area contributed by atoms with E-state index in [-0.39, 0.29) is 6.54 Å². The van der Waals surface area contributed by atoms with Crippen molar-refractivity contribution in [1.82, 2.24) is 15.5 Å². The number of methoxy groups -OCH3 is 1. The predicted octanol–water partition coefficient (Wildman–Crippen LogP) is 1.65. The first-order chi connectivity index (χ1) is 7.79. The molecule has 2 aromatic heterocycles. The Kier molecular flexibility index (Phi) is 3.16. The summed E-state index contributed by atoms with van der Waals surface area (Å²) in [6, 6.07) is 3.78. The number of nitrogens with zero attached hydrogens (tertiary/aromatic N) is 2. The molecule has 7 heteroatoms. The molecule has 84 valence electrons. The summed E-state index contributed by atoms with van der Waals surface area (Å²) in [6.45, 7) is 0.158. The van der Waals surface area contributed by atoms with Gasteiger partial charge in [-0.05, 0) is 11.4 Å². The molecule has 2 rings (SSSR count). The van der Waals surface area contributed by atoms with Crippen LogP contribution in [0, 0.1) is 0 Å². The van der Waals surface area contributed by atoms with Crippen LogP contribution in [0.15, 0.2) is 21.9 Å². The van der Waals surface area contributed by atoms with Crippen molar-refractivity contribution >= 4 is 17.4 Å². The third-order valence-corrected chi connectivity index (χ3v) is 2.63. The van der Waals surface area contributed by atoms with Gasteiger partial charge < -0.3 is 14.5 Å². The molecule has 2 heterocycles. The summed E-state index contributed by atoms with van der Waals surface area (Å²) in [4.78, 5) is 11.7. The number of ether oxygens (including phenoxy) is 1. The lowest BCUT2D eigenvalue weighted by Gasteiger charge is -1.98. The second kappa shape index (κ2) is 4.75. The highest BCUT2D eigenvalue weighted by Crippen LogP contribution is 2.22. The van der Waals surface area contributed by atoms with Crippen LogP contribution in [0.25, 0.3) is 10.8 Å². The Labute approximate surface area is 95.3 Å². The quantitative estimate of drug-likeness (QED) is 0.881. The van der Waals surface area contributed by atoms with Gasteiger partial charge in [0.25, 0.3) is 5.89 Å². The topological polar surface area (TPSA) is 77.2 Å². The van der Waals surface area contributed by atoms with Gasteiger partial charge in [-0.3, -0.25) is 0 Å². The molecular formula is C9H9N3O3S. The van der Waals surface area contributed by atoms with Crippen molar-refractivity contribution in [3.63, 3.8) is 0 Å². The van der Waals surface area contributed by atoms with E-state index in [1.54, 1.807) is 0 Å². The zero-order valence-electron chi connectivity index (χ0n) is 8.47. The second-order valence-electron chi connectivity index (χ2n) is 2.82. The Morgan fingerprint density at radius 3 is 3.19 bits per heavy atom. The van der Waals surface area contributed by atoms with E-state index in [2.05, 4.69) is 20.3 Å². The van der Waals surface area contributed by atoms with Gasteiger partial charge in [0.1, 0.15) is 0 Å². The van der Waals surface area contributed by atoms with Gasteiger partial charge in [-0.15, -0.1) is 21.5 Å². The van der Waals surface area contributed by atoms with Crippen LogP contribution in [-0.4, -0.2) is 23.4 Å². The molecule has 0 aliphatic heterocycles. The van der Waals surface area contributed by atoms with E-state index in [1.165, 1.54) is 18.4 Å². The second-order valence-corrected chi connectivity index (χ2v) is 3.77. The van der Waals surface area contributed by atoms with E-state index in [9.17, 15) is 4.79 Å². The lowest BCUT2D eigenvalue weighted by molar-refractivity contribution is 0.169. The highest BCUT2D eigenvalue weighted by molar-refractivity contribution is 7.13. The van der Waals surface area contributed by atoms with Gasteiger partial charge in [0, 0.05) is 0 Å². The number of carbonyl (C=O) groups excluding carboxylic acids is 1. The first kappa shape index (κ1) is 10.6. The maximum atomic E-state index is 10.8. The van der Waals surface area contributed by atoms with Gasteiger partial charge in [0.2, 0.25) is 5.89 Å². The van der Waals surface area contributed by atoms with Crippen LogP contribution >= 0.6 is 11.3 Å². The zero-order chi connectivity index (χ0) is 11.4. The number of hydrogen-bond donors (Lipinski definition) is 1. The van der Waals surface area contributed by atoms with Crippen molar-refractivity contribution in [3.05, 3.63) is 23.4 Å². The summed E-state index contributed by atoms with van der Waals surface area (Å²) in [5.41, 5.74) is 0. The minimum atomic E-state index is -0.532. The van der Waals surface area contributed by atoms with Crippen LogP contribution in [-0.2, 0) is 11.3 Å². The van der Waals surface area contributed by atoms with E-state index in [4.69, 9.17) is 4.42 Å².